The van der Waals surface area contributed by atoms with Crippen LogP contribution in [0.15, 0.2) is 24.3 Å². The zero-order valence-corrected chi connectivity index (χ0v) is 23.9. The van der Waals surface area contributed by atoms with Crippen molar-refractivity contribution in [1.29, 1.82) is 0 Å². The summed E-state index contributed by atoms with van der Waals surface area (Å²) in [6, 6.07) is 5.51. The minimum atomic E-state index is -1.18. The van der Waals surface area contributed by atoms with E-state index in [1.54, 1.807) is 41.1 Å². The molecule has 1 saturated carbocycles. The molecular formula is C28H42N4O9. The van der Waals surface area contributed by atoms with Gasteiger partial charge in [-0.15, -0.1) is 0 Å². The first-order valence-corrected chi connectivity index (χ1v) is 13.7. The Morgan fingerprint density at radius 1 is 0.780 bits per heavy atom. The SMILES string of the molecule is CC(C)NC(=O)c1ccc(CC(CN(CC(=O)O)C2CCCCC2N(CC(=O)O)CC(=O)O)N(C)CC(=O)O)cc1. The molecule has 3 atom stereocenters. The number of carboxylic acids is 4. The number of nitrogens with zero attached hydrogens (tertiary/aromatic N) is 3. The Kier molecular flexibility index (Phi) is 13.2. The van der Waals surface area contributed by atoms with Crippen LogP contribution >= 0.6 is 0 Å². The number of carboxylic acid groups (broad SMARTS) is 4. The van der Waals surface area contributed by atoms with Gasteiger partial charge in [-0.1, -0.05) is 25.0 Å². The standard InChI is InChI=1S/C28H42N4O9/c1-18(2)29-28(41)20-10-8-19(9-11-20)12-21(30(3)14-24(33)34)13-31(15-25(35)36)22-6-4-5-7-23(22)32(16-26(37)38)17-27(39)40/h8-11,18,21-23H,4-7,12-17H2,1-3H3,(H,29,41)(H,33,34)(H,35,36)(H,37,38)(H,39,40). The monoisotopic (exact) mass is 578 g/mol. The number of hydrogen-bond donors (Lipinski definition) is 5. The molecule has 1 aromatic rings. The van der Waals surface area contributed by atoms with Gasteiger partial charge in [-0.2, -0.15) is 0 Å². The first-order valence-electron chi connectivity index (χ1n) is 13.7. The molecule has 3 unspecified atom stereocenters. The smallest absolute Gasteiger partial charge is 0.317 e. The zero-order valence-electron chi connectivity index (χ0n) is 23.9. The lowest BCUT2D eigenvalue weighted by Crippen LogP contribution is -2.59. The Morgan fingerprint density at radius 2 is 1.24 bits per heavy atom. The van der Waals surface area contributed by atoms with E-state index in [0.717, 1.165) is 18.4 Å². The van der Waals surface area contributed by atoms with Crippen LogP contribution in [-0.2, 0) is 25.6 Å². The number of aliphatic carboxylic acids is 4. The predicted molar refractivity (Wildman–Crippen MR) is 149 cm³/mol. The van der Waals surface area contributed by atoms with Gasteiger partial charge in [-0.3, -0.25) is 38.7 Å². The van der Waals surface area contributed by atoms with Crippen molar-refractivity contribution in [3.63, 3.8) is 0 Å². The molecule has 0 radical (unpaired) electrons. The van der Waals surface area contributed by atoms with Gasteiger partial charge in [0.15, 0.2) is 0 Å². The van der Waals surface area contributed by atoms with Crippen molar-refractivity contribution < 1.29 is 44.4 Å². The number of carbonyl (C=O) groups excluding carboxylic acids is 1. The first kappa shape index (κ1) is 33.7. The average molecular weight is 579 g/mol. The highest BCUT2D eigenvalue weighted by atomic mass is 16.4. The second-order valence-electron chi connectivity index (χ2n) is 10.9. The van der Waals surface area contributed by atoms with E-state index < -0.39 is 55.1 Å². The molecule has 13 nitrogen and oxygen atoms in total. The molecule has 0 heterocycles. The van der Waals surface area contributed by atoms with Crippen LogP contribution in [0.2, 0.25) is 0 Å². The Balaban J connectivity index is 2.37. The van der Waals surface area contributed by atoms with Gasteiger partial charge in [-0.05, 0) is 57.9 Å². The fraction of sp³-hybridized carbons (Fsp3) is 0.607. The van der Waals surface area contributed by atoms with E-state index in [1.165, 1.54) is 4.90 Å². The predicted octanol–water partition coefficient (Wildman–Crippen LogP) is 0.921. The highest BCUT2D eigenvalue weighted by Gasteiger charge is 2.37. The van der Waals surface area contributed by atoms with Gasteiger partial charge in [0.05, 0.1) is 26.2 Å². The molecule has 1 amide bonds. The van der Waals surface area contributed by atoms with E-state index in [2.05, 4.69) is 5.32 Å². The summed E-state index contributed by atoms with van der Waals surface area (Å²) in [6.07, 6.45) is 2.93. The van der Waals surface area contributed by atoms with Crippen molar-refractivity contribution in [1.82, 2.24) is 20.0 Å². The fourth-order valence-electron chi connectivity index (χ4n) is 5.46. The summed E-state index contributed by atoms with van der Waals surface area (Å²) in [4.78, 5) is 63.7. The Bertz CT molecular complexity index is 1050. The molecule has 1 aliphatic carbocycles. The molecule has 5 N–H and O–H groups in total. The van der Waals surface area contributed by atoms with Crippen LogP contribution in [0.1, 0.15) is 55.5 Å². The summed E-state index contributed by atoms with van der Waals surface area (Å²) in [5, 5.41) is 40.9. The van der Waals surface area contributed by atoms with Gasteiger partial charge in [0, 0.05) is 36.3 Å². The van der Waals surface area contributed by atoms with Crippen LogP contribution in [0, 0.1) is 0 Å². The number of hydrogen-bond acceptors (Lipinski definition) is 8. The van der Waals surface area contributed by atoms with Gasteiger partial charge in [0.2, 0.25) is 0 Å². The normalized spacial score (nSPS) is 18.0. The Morgan fingerprint density at radius 3 is 1.71 bits per heavy atom. The van der Waals surface area contributed by atoms with Crippen LogP contribution in [0.5, 0.6) is 0 Å². The number of likely N-dealkylation sites (N-methyl/N-ethyl adjacent to an activating group) is 1. The average Bonchev–Trinajstić information content (AvgIpc) is 2.86. The van der Waals surface area contributed by atoms with E-state index in [-0.39, 0.29) is 31.6 Å². The molecule has 2 rings (SSSR count). The molecule has 0 aromatic heterocycles. The minimum Gasteiger partial charge on any atom is -0.480 e. The summed E-state index contributed by atoms with van der Waals surface area (Å²) in [7, 11) is 1.64. The zero-order chi connectivity index (χ0) is 30.7. The maximum atomic E-state index is 12.3. The van der Waals surface area contributed by atoms with Crippen molar-refractivity contribution in [2.24, 2.45) is 0 Å². The molecule has 0 bridgehead atoms. The number of carbonyl (C=O) groups is 5. The number of amides is 1. The van der Waals surface area contributed by atoms with Crippen molar-refractivity contribution in [3.8, 4) is 0 Å². The van der Waals surface area contributed by atoms with Gasteiger partial charge in [-0.25, -0.2) is 0 Å². The third kappa shape index (κ3) is 11.5. The van der Waals surface area contributed by atoms with E-state index >= 15 is 0 Å². The second-order valence-corrected chi connectivity index (χ2v) is 10.9. The summed E-state index contributed by atoms with van der Waals surface area (Å²) < 4.78 is 0. The van der Waals surface area contributed by atoms with Crippen molar-refractivity contribution in [2.75, 3.05) is 39.8 Å². The van der Waals surface area contributed by atoms with E-state index in [4.69, 9.17) is 0 Å². The van der Waals surface area contributed by atoms with Crippen LogP contribution in [-0.4, -0.2) is 129 Å². The van der Waals surface area contributed by atoms with Gasteiger partial charge >= 0.3 is 23.9 Å². The molecule has 41 heavy (non-hydrogen) atoms. The highest BCUT2D eigenvalue weighted by Crippen LogP contribution is 2.28. The van der Waals surface area contributed by atoms with Crippen LogP contribution in [0.4, 0.5) is 0 Å². The van der Waals surface area contributed by atoms with E-state index in [0.29, 0.717) is 24.8 Å². The number of nitrogens with one attached hydrogen (secondary N) is 1. The van der Waals surface area contributed by atoms with Crippen molar-refractivity contribution in [3.05, 3.63) is 35.4 Å². The first-order chi connectivity index (χ1) is 19.3. The minimum absolute atomic E-state index is 0.0259. The molecule has 1 aliphatic rings. The van der Waals surface area contributed by atoms with Gasteiger partial charge in [0.25, 0.3) is 5.91 Å². The van der Waals surface area contributed by atoms with Crippen LogP contribution in [0.3, 0.4) is 0 Å². The summed E-state index contributed by atoms with van der Waals surface area (Å²) in [5.41, 5.74) is 1.30. The molecule has 0 aliphatic heterocycles. The topological polar surface area (TPSA) is 188 Å². The van der Waals surface area contributed by atoms with Crippen molar-refractivity contribution >= 4 is 29.8 Å². The number of benzene rings is 1. The Hall–Kier alpha value is -3.55. The van der Waals surface area contributed by atoms with Crippen LogP contribution in [0.25, 0.3) is 0 Å². The molecule has 1 aromatic carbocycles. The third-order valence-electron chi connectivity index (χ3n) is 7.21. The summed E-state index contributed by atoms with van der Waals surface area (Å²) in [5.74, 6) is -4.71. The lowest BCUT2D eigenvalue weighted by molar-refractivity contribution is -0.146. The molecule has 13 heteroatoms. The third-order valence-corrected chi connectivity index (χ3v) is 7.21. The summed E-state index contributed by atoms with van der Waals surface area (Å²) in [6.45, 7) is 2.22. The molecule has 1 fully saturated rings. The van der Waals surface area contributed by atoms with Gasteiger partial charge < -0.3 is 25.7 Å². The van der Waals surface area contributed by atoms with E-state index in [9.17, 15) is 44.4 Å². The second kappa shape index (κ2) is 16.0. The molecule has 0 saturated heterocycles. The maximum Gasteiger partial charge on any atom is 0.317 e. The van der Waals surface area contributed by atoms with Gasteiger partial charge in [0.1, 0.15) is 0 Å². The lowest BCUT2D eigenvalue weighted by atomic mass is 9.87. The molecule has 0 spiro atoms. The highest BCUT2D eigenvalue weighted by molar-refractivity contribution is 5.94. The Labute approximate surface area is 239 Å². The van der Waals surface area contributed by atoms with E-state index in [1.807, 2.05) is 13.8 Å². The number of rotatable bonds is 17. The quantitative estimate of drug-likeness (QED) is 0.176. The summed E-state index contributed by atoms with van der Waals surface area (Å²) >= 11 is 0. The maximum absolute atomic E-state index is 12.3. The molecule has 228 valence electrons. The largest absolute Gasteiger partial charge is 0.480 e. The van der Waals surface area contributed by atoms with Crippen LogP contribution < -0.4 is 5.32 Å². The molecular weight excluding hydrogens is 536 g/mol. The lowest BCUT2D eigenvalue weighted by Gasteiger charge is -2.45. The van der Waals surface area contributed by atoms with Crippen molar-refractivity contribution in [2.45, 2.75) is 70.1 Å². The fourth-order valence-corrected chi connectivity index (χ4v) is 5.46.